The van der Waals surface area contributed by atoms with E-state index in [0.717, 1.165) is 6.04 Å². The SMILES string of the molecule is CC[Si](C)(O[Si](C)C)O[Si](C)C. The van der Waals surface area contributed by atoms with Crippen LogP contribution >= 0.6 is 0 Å². The normalized spacial score (nSPS) is 13.0. The van der Waals surface area contributed by atoms with Gasteiger partial charge in [-0.1, -0.05) is 6.92 Å². The zero-order valence-electron chi connectivity index (χ0n) is 9.02. The minimum absolute atomic E-state index is 0.595. The molecule has 0 unspecified atom stereocenters. The van der Waals surface area contributed by atoms with Crippen LogP contribution in [0.2, 0.25) is 38.8 Å². The van der Waals surface area contributed by atoms with Crippen LogP contribution in [0.3, 0.4) is 0 Å². The van der Waals surface area contributed by atoms with Crippen molar-refractivity contribution in [2.24, 2.45) is 0 Å². The molecule has 0 amide bonds. The molecule has 0 aromatic carbocycles. The van der Waals surface area contributed by atoms with E-state index in [0.29, 0.717) is 0 Å². The lowest BCUT2D eigenvalue weighted by molar-refractivity contribution is 0.405. The average molecular weight is 220 g/mol. The largest absolute Gasteiger partial charge is 0.436 e. The van der Waals surface area contributed by atoms with Crippen molar-refractivity contribution in [2.45, 2.75) is 45.7 Å². The predicted octanol–water partition coefficient (Wildman–Crippen LogP) is 2.61. The molecule has 0 rings (SSSR count). The molecule has 0 aromatic heterocycles. The third kappa shape index (κ3) is 5.26. The Morgan fingerprint density at radius 3 is 1.50 bits per heavy atom. The van der Waals surface area contributed by atoms with Crippen molar-refractivity contribution in [3.05, 3.63) is 0 Å². The van der Waals surface area contributed by atoms with E-state index < -0.39 is 26.6 Å². The first kappa shape index (κ1) is 12.6. The van der Waals surface area contributed by atoms with Crippen molar-refractivity contribution in [3.63, 3.8) is 0 Å². The van der Waals surface area contributed by atoms with E-state index in [1.54, 1.807) is 0 Å². The molecule has 12 heavy (non-hydrogen) atoms. The van der Waals surface area contributed by atoms with Gasteiger partial charge in [0.2, 0.25) is 0 Å². The lowest BCUT2D eigenvalue weighted by Gasteiger charge is -2.29. The standard InChI is InChI=1S/C7H20O2Si3/c1-7-12(6,8-10(2)3)9-11(4)5/h7H2,1-6H3. The van der Waals surface area contributed by atoms with Crippen LogP contribution in [0.4, 0.5) is 0 Å². The summed E-state index contributed by atoms with van der Waals surface area (Å²) in [7, 11) is -2.95. The Bertz CT molecular complexity index is 118. The fraction of sp³-hybridized carbons (Fsp3) is 1.00. The molecule has 0 aliphatic rings. The molecule has 0 aliphatic heterocycles. The molecule has 72 valence electrons. The maximum Gasteiger partial charge on any atom is 0.313 e. The molecule has 5 heteroatoms. The van der Waals surface area contributed by atoms with Crippen LogP contribution in [0.25, 0.3) is 0 Å². The third-order valence-corrected chi connectivity index (χ3v) is 9.49. The summed E-state index contributed by atoms with van der Waals surface area (Å²) >= 11 is 0. The minimum atomic E-state index is -1.76. The molecule has 0 saturated carbocycles. The summed E-state index contributed by atoms with van der Waals surface area (Å²) in [6.45, 7) is 13.0. The van der Waals surface area contributed by atoms with Crippen LogP contribution < -0.4 is 0 Å². The number of hydrogen-bond donors (Lipinski definition) is 0. The van der Waals surface area contributed by atoms with Gasteiger partial charge in [-0.05, 0) is 38.8 Å². The Hall–Kier alpha value is 0.571. The Morgan fingerprint density at radius 1 is 1.00 bits per heavy atom. The first-order chi connectivity index (χ1) is 5.39. The van der Waals surface area contributed by atoms with E-state index in [4.69, 9.17) is 8.23 Å². The van der Waals surface area contributed by atoms with Gasteiger partial charge < -0.3 is 8.23 Å². The molecule has 0 heterocycles. The van der Waals surface area contributed by atoms with Gasteiger partial charge in [-0.3, -0.25) is 0 Å². The number of rotatable bonds is 5. The maximum atomic E-state index is 5.94. The summed E-state index contributed by atoms with van der Waals surface area (Å²) in [5.74, 6) is 0. The van der Waals surface area contributed by atoms with Crippen LogP contribution in [-0.4, -0.2) is 26.6 Å². The highest BCUT2D eigenvalue weighted by Crippen LogP contribution is 2.15. The van der Waals surface area contributed by atoms with Crippen molar-refractivity contribution < 1.29 is 8.23 Å². The molecular weight excluding hydrogens is 200 g/mol. The van der Waals surface area contributed by atoms with Gasteiger partial charge >= 0.3 is 8.56 Å². The molecule has 2 radical (unpaired) electrons. The van der Waals surface area contributed by atoms with Crippen molar-refractivity contribution in [1.29, 1.82) is 0 Å². The fourth-order valence-corrected chi connectivity index (χ4v) is 9.63. The van der Waals surface area contributed by atoms with E-state index in [-0.39, 0.29) is 0 Å². The van der Waals surface area contributed by atoms with Crippen LogP contribution in [0.5, 0.6) is 0 Å². The highest BCUT2D eigenvalue weighted by Gasteiger charge is 2.31. The minimum Gasteiger partial charge on any atom is -0.436 e. The van der Waals surface area contributed by atoms with Gasteiger partial charge in [0.05, 0.1) is 0 Å². The summed E-state index contributed by atoms with van der Waals surface area (Å²) in [4.78, 5) is 0. The van der Waals surface area contributed by atoms with E-state index in [2.05, 4.69) is 39.7 Å². The third-order valence-electron chi connectivity index (χ3n) is 1.48. The second kappa shape index (κ2) is 5.33. The molecule has 0 bridgehead atoms. The molecule has 0 aliphatic carbocycles. The molecule has 2 nitrogen and oxygen atoms in total. The van der Waals surface area contributed by atoms with E-state index in [1.165, 1.54) is 0 Å². The Kier molecular flexibility index (Phi) is 5.59. The Morgan fingerprint density at radius 2 is 1.33 bits per heavy atom. The Balaban J connectivity index is 4.04. The lowest BCUT2D eigenvalue weighted by atomic mass is 11.0. The molecule has 0 fully saturated rings. The molecule has 0 atom stereocenters. The summed E-state index contributed by atoms with van der Waals surface area (Å²) < 4.78 is 11.9. The molecule has 0 N–H and O–H groups in total. The van der Waals surface area contributed by atoms with Gasteiger partial charge in [0.1, 0.15) is 0 Å². The van der Waals surface area contributed by atoms with Crippen LogP contribution in [-0.2, 0) is 8.23 Å². The van der Waals surface area contributed by atoms with Gasteiger partial charge in [-0.15, -0.1) is 0 Å². The molecule has 0 spiro atoms. The van der Waals surface area contributed by atoms with E-state index >= 15 is 0 Å². The fourth-order valence-electron chi connectivity index (χ4n) is 1.03. The van der Waals surface area contributed by atoms with E-state index in [9.17, 15) is 0 Å². The molecule has 0 aromatic rings. The zero-order valence-corrected chi connectivity index (χ0v) is 12.0. The summed E-state index contributed by atoms with van der Waals surface area (Å²) in [6, 6.07) is 1.07. The van der Waals surface area contributed by atoms with Crippen LogP contribution in [0.1, 0.15) is 6.92 Å². The van der Waals surface area contributed by atoms with Gasteiger partial charge in [-0.2, -0.15) is 0 Å². The lowest BCUT2D eigenvalue weighted by Crippen LogP contribution is -2.44. The zero-order chi connectivity index (χ0) is 9.78. The highest BCUT2D eigenvalue weighted by molar-refractivity contribution is 6.78. The predicted molar refractivity (Wildman–Crippen MR) is 59.2 cm³/mol. The van der Waals surface area contributed by atoms with Crippen LogP contribution in [0.15, 0.2) is 0 Å². The second-order valence-electron chi connectivity index (χ2n) is 3.51. The average Bonchev–Trinajstić information content (AvgIpc) is 1.83. The quantitative estimate of drug-likeness (QED) is 0.663. The van der Waals surface area contributed by atoms with Crippen molar-refractivity contribution >= 4 is 26.6 Å². The monoisotopic (exact) mass is 220 g/mol. The number of hydrogen-bond acceptors (Lipinski definition) is 2. The van der Waals surface area contributed by atoms with Crippen molar-refractivity contribution in [2.75, 3.05) is 0 Å². The van der Waals surface area contributed by atoms with Crippen molar-refractivity contribution in [1.82, 2.24) is 0 Å². The maximum absolute atomic E-state index is 5.94. The first-order valence-corrected chi connectivity index (χ1v) is 11.7. The first-order valence-electron chi connectivity index (χ1n) is 4.38. The van der Waals surface area contributed by atoms with E-state index in [1.807, 2.05) is 0 Å². The highest BCUT2D eigenvalue weighted by atomic mass is 28.5. The van der Waals surface area contributed by atoms with Gasteiger partial charge in [0.25, 0.3) is 0 Å². The second-order valence-corrected chi connectivity index (χ2v) is 11.7. The molecular formula is C7H20O2Si3. The topological polar surface area (TPSA) is 18.5 Å². The van der Waals surface area contributed by atoms with Gasteiger partial charge in [0, 0.05) is 0 Å². The van der Waals surface area contributed by atoms with Gasteiger partial charge in [0.15, 0.2) is 18.1 Å². The summed E-state index contributed by atoms with van der Waals surface area (Å²) in [5.41, 5.74) is 0. The summed E-state index contributed by atoms with van der Waals surface area (Å²) in [6.07, 6.45) is 0. The van der Waals surface area contributed by atoms with Crippen molar-refractivity contribution in [3.8, 4) is 0 Å². The van der Waals surface area contributed by atoms with Crippen LogP contribution in [0, 0.1) is 0 Å². The smallest absolute Gasteiger partial charge is 0.313 e. The Labute approximate surface area is 81.0 Å². The summed E-state index contributed by atoms with van der Waals surface area (Å²) in [5, 5.41) is 0. The molecule has 0 saturated heterocycles. The van der Waals surface area contributed by atoms with Gasteiger partial charge in [-0.25, -0.2) is 0 Å².